The molecule has 0 radical (unpaired) electrons. The van der Waals surface area contributed by atoms with Crippen LogP contribution in [0.25, 0.3) is 17.1 Å². The largest absolute Gasteiger partial charge is 0.444 e. The van der Waals surface area contributed by atoms with Gasteiger partial charge in [0.1, 0.15) is 6.26 Å². The molecule has 0 aliphatic carbocycles. The number of hydrogen-bond acceptors (Lipinski definition) is 6. The number of benzene rings is 2. The highest BCUT2D eigenvalue weighted by Gasteiger charge is 2.13. The number of tetrazole rings is 1. The molecule has 0 aliphatic rings. The van der Waals surface area contributed by atoms with Crippen LogP contribution in [0, 0.1) is 13.8 Å². The van der Waals surface area contributed by atoms with Gasteiger partial charge in [0.05, 0.1) is 11.4 Å². The molecule has 6 nitrogen and oxygen atoms in total. The highest BCUT2D eigenvalue weighted by Crippen LogP contribution is 2.27. The molecule has 0 saturated heterocycles. The lowest BCUT2D eigenvalue weighted by molar-refractivity contribution is 0.573. The summed E-state index contributed by atoms with van der Waals surface area (Å²) >= 11 is 7.54. The maximum absolute atomic E-state index is 6.06. The minimum absolute atomic E-state index is 0.593. The Morgan fingerprint density at radius 3 is 2.85 bits per heavy atom. The highest BCUT2D eigenvalue weighted by molar-refractivity contribution is 7.98. The summed E-state index contributed by atoms with van der Waals surface area (Å²) in [6.07, 6.45) is 1.68. The van der Waals surface area contributed by atoms with Gasteiger partial charge in [0.15, 0.2) is 0 Å². The van der Waals surface area contributed by atoms with Crippen molar-refractivity contribution in [1.29, 1.82) is 0 Å². The molecule has 0 atom stereocenters. The smallest absolute Gasteiger partial charge is 0.226 e. The number of aryl methyl sites for hydroxylation is 2. The molecule has 0 saturated carbocycles. The van der Waals surface area contributed by atoms with Crippen LogP contribution in [0.1, 0.15) is 16.8 Å². The van der Waals surface area contributed by atoms with Crippen LogP contribution in [0.2, 0.25) is 5.02 Å². The number of hydrogen-bond donors (Lipinski definition) is 0. The molecule has 2 heterocycles. The van der Waals surface area contributed by atoms with E-state index in [0.29, 0.717) is 21.8 Å². The van der Waals surface area contributed by atoms with Gasteiger partial charge in [-0.15, -0.1) is 5.10 Å². The van der Waals surface area contributed by atoms with Gasteiger partial charge < -0.3 is 4.42 Å². The molecule has 27 heavy (non-hydrogen) atoms. The quantitative estimate of drug-likeness (QED) is 0.447. The van der Waals surface area contributed by atoms with Crippen molar-refractivity contribution in [2.45, 2.75) is 24.8 Å². The predicted octanol–water partition coefficient (Wildman–Crippen LogP) is 4.88. The molecule has 0 N–H and O–H groups in total. The van der Waals surface area contributed by atoms with Crippen molar-refractivity contribution >= 4 is 23.4 Å². The molecule has 0 amide bonds. The molecule has 0 bridgehead atoms. The molecule has 0 fully saturated rings. The van der Waals surface area contributed by atoms with Gasteiger partial charge in [0.25, 0.3) is 0 Å². The molecule has 136 valence electrons. The van der Waals surface area contributed by atoms with E-state index in [4.69, 9.17) is 16.0 Å². The van der Waals surface area contributed by atoms with Crippen LogP contribution in [0.15, 0.2) is 58.3 Å². The molecule has 4 aromatic rings. The van der Waals surface area contributed by atoms with E-state index in [1.807, 2.05) is 30.3 Å². The van der Waals surface area contributed by atoms with E-state index in [0.717, 1.165) is 22.5 Å². The lowest BCUT2D eigenvalue weighted by Crippen LogP contribution is -1.99. The van der Waals surface area contributed by atoms with E-state index in [9.17, 15) is 0 Å². The van der Waals surface area contributed by atoms with Gasteiger partial charge in [-0.2, -0.15) is 4.68 Å². The number of rotatable bonds is 5. The van der Waals surface area contributed by atoms with Gasteiger partial charge in [-0.3, -0.25) is 0 Å². The average Bonchev–Trinajstić information content (AvgIpc) is 3.29. The summed E-state index contributed by atoms with van der Waals surface area (Å²) in [4.78, 5) is 4.60. The molecule has 4 rings (SSSR count). The Bertz CT molecular complexity index is 1090. The van der Waals surface area contributed by atoms with E-state index in [2.05, 4.69) is 46.5 Å². The first-order valence-electron chi connectivity index (χ1n) is 8.29. The summed E-state index contributed by atoms with van der Waals surface area (Å²) in [7, 11) is 0. The van der Waals surface area contributed by atoms with Crippen LogP contribution in [0.5, 0.6) is 0 Å². The summed E-state index contributed by atoms with van der Waals surface area (Å²) in [5, 5.41) is 13.2. The Hall–Kier alpha value is -2.64. The fourth-order valence-corrected chi connectivity index (χ4v) is 3.68. The third-order valence-electron chi connectivity index (χ3n) is 4.01. The molecule has 2 aromatic carbocycles. The molecular weight excluding hydrogens is 382 g/mol. The van der Waals surface area contributed by atoms with Crippen LogP contribution >= 0.6 is 23.4 Å². The van der Waals surface area contributed by atoms with Crippen molar-refractivity contribution in [2.75, 3.05) is 0 Å². The minimum atomic E-state index is 0.593. The van der Waals surface area contributed by atoms with Crippen molar-refractivity contribution in [3.8, 4) is 17.1 Å². The maximum atomic E-state index is 6.06. The van der Waals surface area contributed by atoms with Crippen LogP contribution in [-0.2, 0) is 5.75 Å². The van der Waals surface area contributed by atoms with Crippen LogP contribution in [0.4, 0.5) is 0 Å². The standard InChI is InChI=1S/C19H16ClN5OS/c1-12-6-7-17(13(2)8-12)18-21-15(10-26-18)11-27-19-22-23-24-25(19)16-5-3-4-14(20)9-16/h3-10H,11H2,1-2H3. The summed E-state index contributed by atoms with van der Waals surface area (Å²) in [6.45, 7) is 4.12. The summed E-state index contributed by atoms with van der Waals surface area (Å²) in [5.41, 5.74) is 5.00. The number of aromatic nitrogens is 5. The fraction of sp³-hybridized carbons (Fsp3) is 0.158. The second-order valence-corrected chi connectivity index (χ2v) is 7.48. The summed E-state index contributed by atoms with van der Waals surface area (Å²) in [6, 6.07) is 13.6. The SMILES string of the molecule is Cc1ccc(-c2nc(CSc3nnnn3-c3cccc(Cl)c3)co2)c(C)c1. The van der Waals surface area contributed by atoms with E-state index in [-0.39, 0.29) is 0 Å². The van der Waals surface area contributed by atoms with Crippen LogP contribution in [-0.4, -0.2) is 25.2 Å². The summed E-state index contributed by atoms with van der Waals surface area (Å²) in [5.74, 6) is 1.22. The highest BCUT2D eigenvalue weighted by atomic mass is 35.5. The van der Waals surface area contributed by atoms with Crippen LogP contribution < -0.4 is 0 Å². The van der Waals surface area contributed by atoms with Gasteiger partial charge in [-0.05, 0) is 54.1 Å². The third-order valence-corrected chi connectivity index (χ3v) is 5.19. The van der Waals surface area contributed by atoms with E-state index < -0.39 is 0 Å². The Balaban J connectivity index is 1.51. The Morgan fingerprint density at radius 1 is 1.15 bits per heavy atom. The Labute approximate surface area is 165 Å². The van der Waals surface area contributed by atoms with Gasteiger partial charge >= 0.3 is 0 Å². The average molecular weight is 398 g/mol. The minimum Gasteiger partial charge on any atom is -0.444 e. The topological polar surface area (TPSA) is 69.6 Å². The van der Waals surface area contributed by atoms with Gasteiger partial charge in [0, 0.05) is 16.3 Å². The molecular formula is C19H16ClN5OS. The van der Waals surface area contributed by atoms with Crippen molar-refractivity contribution < 1.29 is 4.42 Å². The zero-order valence-electron chi connectivity index (χ0n) is 14.8. The molecule has 2 aromatic heterocycles. The zero-order chi connectivity index (χ0) is 18.8. The second kappa shape index (κ2) is 7.54. The van der Waals surface area contributed by atoms with E-state index in [1.165, 1.54) is 17.3 Å². The third kappa shape index (κ3) is 3.89. The van der Waals surface area contributed by atoms with Crippen molar-refractivity contribution in [2.24, 2.45) is 0 Å². The van der Waals surface area contributed by atoms with Gasteiger partial charge in [0.2, 0.25) is 11.0 Å². The lowest BCUT2D eigenvalue weighted by atomic mass is 10.1. The monoisotopic (exact) mass is 397 g/mol. The number of halogens is 1. The number of oxazole rings is 1. The molecule has 0 spiro atoms. The lowest BCUT2D eigenvalue weighted by Gasteiger charge is -2.03. The first kappa shape index (κ1) is 17.8. The molecule has 0 aliphatic heterocycles. The summed E-state index contributed by atoms with van der Waals surface area (Å²) < 4.78 is 7.33. The van der Waals surface area contributed by atoms with Gasteiger partial charge in [-0.1, -0.05) is 47.1 Å². The first-order chi connectivity index (χ1) is 13.1. The number of thioether (sulfide) groups is 1. The van der Waals surface area contributed by atoms with Gasteiger partial charge in [-0.25, -0.2) is 4.98 Å². The Morgan fingerprint density at radius 2 is 2.04 bits per heavy atom. The van der Waals surface area contributed by atoms with Crippen molar-refractivity contribution in [3.05, 3.63) is 70.6 Å². The van der Waals surface area contributed by atoms with Crippen LogP contribution in [0.3, 0.4) is 0 Å². The Kier molecular flexibility index (Phi) is 4.96. The normalized spacial score (nSPS) is 11.1. The van der Waals surface area contributed by atoms with Crippen molar-refractivity contribution in [1.82, 2.24) is 25.2 Å². The zero-order valence-corrected chi connectivity index (χ0v) is 16.3. The van der Waals surface area contributed by atoms with Crippen molar-refractivity contribution in [3.63, 3.8) is 0 Å². The van der Waals surface area contributed by atoms with E-state index in [1.54, 1.807) is 10.9 Å². The second-order valence-electron chi connectivity index (χ2n) is 6.10. The molecule has 8 heteroatoms. The fourth-order valence-electron chi connectivity index (χ4n) is 2.73. The maximum Gasteiger partial charge on any atom is 0.226 e. The van der Waals surface area contributed by atoms with E-state index >= 15 is 0 Å². The molecule has 0 unspecified atom stereocenters. The number of nitrogens with zero attached hydrogens (tertiary/aromatic N) is 5. The predicted molar refractivity (Wildman–Crippen MR) is 105 cm³/mol. The first-order valence-corrected chi connectivity index (χ1v) is 9.65.